The molecule has 0 saturated carbocycles. The van der Waals surface area contributed by atoms with Crippen LogP contribution in [0.1, 0.15) is 25.3 Å². The Morgan fingerprint density at radius 2 is 2.06 bits per heavy atom. The maximum absolute atomic E-state index is 12.0. The number of carbonyl (C=O) groups is 1. The lowest BCUT2D eigenvalue weighted by Crippen LogP contribution is -2.40. The van der Waals surface area contributed by atoms with Crippen molar-refractivity contribution in [2.75, 3.05) is 18.4 Å². The van der Waals surface area contributed by atoms with Crippen molar-refractivity contribution >= 4 is 11.7 Å². The highest BCUT2D eigenvalue weighted by Gasteiger charge is 2.20. The number of para-hydroxylation sites is 1. The van der Waals surface area contributed by atoms with Crippen molar-refractivity contribution in [1.29, 1.82) is 5.26 Å². The van der Waals surface area contributed by atoms with Crippen LogP contribution in [-0.2, 0) is 0 Å². The summed E-state index contributed by atoms with van der Waals surface area (Å²) in [5, 5.41) is 11.8. The maximum atomic E-state index is 12.0. The van der Waals surface area contributed by atoms with Crippen molar-refractivity contribution < 1.29 is 4.79 Å². The third kappa shape index (κ3) is 2.80. The van der Waals surface area contributed by atoms with E-state index in [1.165, 1.54) is 0 Å². The Morgan fingerprint density at radius 1 is 1.39 bits per heavy atom. The Balaban J connectivity index is 2.01. The smallest absolute Gasteiger partial charge is 0.321 e. The Bertz CT molecular complexity index is 470. The molecular formula is C14H17N3O. The van der Waals surface area contributed by atoms with Crippen molar-refractivity contribution in [3.05, 3.63) is 29.8 Å². The average molecular weight is 243 g/mol. The first-order valence-electron chi connectivity index (χ1n) is 6.25. The van der Waals surface area contributed by atoms with Gasteiger partial charge in [-0.1, -0.05) is 19.1 Å². The number of piperidine rings is 1. The second kappa shape index (κ2) is 5.54. The Labute approximate surface area is 107 Å². The van der Waals surface area contributed by atoms with Gasteiger partial charge in [0.1, 0.15) is 6.07 Å². The van der Waals surface area contributed by atoms with E-state index in [9.17, 15) is 4.79 Å². The predicted octanol–water partition coefficient (Wildman–Crippen LogP) is 2.82. The van der Waals surface area contributed by atoms with Crippen molar-refractivity contribution in [3.8, 4) is 6.07 Å². The predicted molar refractivity (Wildman–Crippen MR) is 70.1 cm³/mol. The van der Waals surface area contributed by atoms with Crippen molar-refractivity contribution in [3.63, 3.8) is 0 Å². The number of nitriles is 1. The number of carbonyl (C=O) groups excluding carboxylic acids is 1. The van der Waals surface area contributed by atoms with Crippen LogP contribution in [0.4, 0.5) is 10.5 Å². The molecule has 1 N–H and O–H groups in total. The zero-order valence-corrected chi connectivity index (χ0v) is 10.5. The van der Waals surface area contributed by atoms with Crippen LogP contribution in [0.25, 0.3) is 0 Å². The van der Waals surface area contributed by atoms with E-state index in [-0.39, 0.29) is 6.03 Å². The molecule has 1 aliphatic heterocycles. The van der Waals surface area contributed by atoms with Crippen LogP contribution in [0.2, 0.25) is 0 Å². The molecule has 2 amide bonds. The summed E-state index contributed by atoms with van der Waals surface area (Å²) < 4.78 is 0. The summed E-state index contributed by atoms with van der Waals surface area (Å²) in [6, 6.07) is 9.03. The lowest BCUT2D eigenvalue weighted by atomic mass is 10.00. The van der Waals surface area contributed by atoms with E-state index < -0.39 is 0 Å². The molecule has 1 aliphatic rings. The van der Waals surface area contributed by atoms with Gasteiger partial charge in [-0.25, -0.2) is 4.79 Å². The lowest BCUT2D eigenvalue weighted by molar-refractivity contribution is 0.186. The van der Waals surface area contributed by atoms with E-state index in [1.807, 2.05) is 11.0 Å². The van der Waals surface area contributed by atoms with E-state index >= 15 is 0 Å². The minimum Gasteiger partial charge on any atom is -0.325 e. The number of anilines is 1. The molecule has 0 radical (unpaired) electrons. The molecule has 4 nitrogen and oxygen atoms in total. The van der Waals surface area contributed by atoms with E-state index in [1.54, 1.807) is 18.2 Å². The van der Waals surface area contributed by atoms with Gasteiger partial charge in [0, 0.05) is 13.1 Å². The number of nitrogens with one attached hydrogen (secondary N) is 1. The Kier molecular flexibility index (Phi) is 3.83. The number of nitrogens with zero attached hydrogens (tertiary/aromatic N) is 2. The first kappa shape index (κ1) is 12.4. The van der Waals surface area contributed by atoms with Crippen LogP contribution in [0.15, 0.2) is 24.3 Å². The molecule has 0 aromatic heterocycles. The molecule has 0 bridgehead atoms. The molecule has 0 unspecified atom stereocenters. The highest BCUT2D eigenvalue weighted by Crippen LogP contribution is 2.18. The van der Waals surface area contributed by atoms with Gasteiger partial charge in [0.05, 0.1) is 11.3 Å². The summed E-state index contributed by atoms with van der Waals surface area (Å²) in [5.41, 5.74) is 1.08. The van der Waals surface area contributed by atoms with Gasteiger partial charge in [0.25, 0.3) is 0 Å². The third-order valence-corrected chi connectivity index (χ3v) is 3.36. The van der Waals surface area contributed by atoms with Crippen molar-refractivity contribution in [1.82, 2.24) is 4.90 Å². The molecule has 4 heteroatoms. The minimum atomic E-state index is -0.107. The van der Waals surface area contributed by atoms with E-state index in [0.717, 1.165) is 25.9 Å². The lowest BCUT2D eigenvalue weighted by Gasteiger charge is -2.30. The van der Waals surface area contributed by atoms with Crippen LogP contribution < -0.4 is 5.32 Å². The number of rotatable bonds is 1. The number of urea groups is 1. The molecule has 18 heavy (non-hydrogen) atoms. The Hall–Kier alpha value is -2.02. The van der Waals surface area contributed by atoms with Crippen molar-refractivity contribution in [2.45, 2.75) is 19.8 Å². The van der Waals surface area contributed by atoms with E-state index in [4.69, 9.17) is 5.26 Å². The first-order chi connectivity index (χ1) is 8.70. The zero-order valence-electron chi connectivity index (χ0n) is 10.5. The fourth-order valence-electron chi connectivity index (χ4n) is 2.10. The second-order valence-electron chi connectivity index (χ2n) is 4.76. The van der Waals surface area contributed by atoms with Gasteiger partial charge in [0.2, 0.25) is 0 Å². The van der Waals surface area contributed by atoms with Crippen LogP contribution in [0.3, 0.4) is 0 Å². The summed E-state index contributed by atoms with van der Waals surface area (Å²) in [6.07, 6.45) is 2.10. The van der Waals surface area contributed by atoms with Gasteiger partial charge in [-0.3, -0.25) is 0 Å². The largest absolute Gasteiger partial charge is 0.325 e. The molecule has 2 rings (SSSR count). The fraction of sp³-hybridized carbons (Fsp3) is 0.429. The molecule has 94 valence electrons. The van der Waals surface area contributed by atoms with Crippen LogP contribution in [0, 0.1) is 17.2 Å². The second-order valence-corrected chi connectivity index (χ2v) is 4.76. The SMILES string of the molecule is CC1CCN(C(=O)Nc2ccccc2C#N)CC1. The summed E-state index contributed by atoms with van der Waals surface area (Å²) in [6.45, 7) is 3.80. The van der Waals surface area contributed by atoms with Gasteiger partial charge >= 0.3 is 6.03 Å². The van der Waals surface area contributed by atoms with E-state index in [0.29, 0.717) is 17.2 Å². The number of hydrogen-bond donors (Lipinski definition) is 1. The molecule has 0 atom stereocenters. The molecular weight excluding hydrogens is 226 g/mol. The average Bonchev–Trinajstić information content (AvgIpc) is 2.40. The monoisotopic (exact) mass is 243 g/mol. The van der Waals surface area contributed by atoms with Crippen LogP contribution in [0.5, 0.6) is 0 Å². The minimum absolute atomic E-state index is 0.107. The molecule has 0 spiro atoms. The van der Waals surface area contributed by atoms with Gasteiger partial charge in [0.15, 0.2) is 0 Å². The highest BCUT2D eigenvalue weighted by atomic mass is 16.2. The molecule has 1 heterocycles. The van der Waals surface area contributed by atoms with E-state index in [2.05, 4.69) is 18.3 Å². The fourth-order valence-corrected chi connectivity index (χ4v) is 2.10. The first-order valence-corrected chi connectivity index (χ1v) is 6.25. The summed E-state index contributed by atoms with van der Waals surface area (Å²) in [5.74, 6) is 0.695. The quantitative estimate of drug-likeness (QED) is 0.824. The molecule has 1 aromatic carbocycles. The summed E-state index contributed by atoms with van der Waals surface area (Å²) >= 11 is 0. The zero-order chi connectivity index (χ0) is 13.0. The van der Waals surface area contributed by atoms with Gasteiger partial charge in [-0.2, -0.15) is 5.26 Å². The molecule has 0 aliphatic carbocycles. The molecule has 1 aromatic rings. The summed E-state index contributed by atoms with van der Waals surface area (Å²) in [4.78, 5) is 13.9. The van der Waals surface area contributed by atoms with Crippen molar-refractivity contribution in [2.24, 2.45) is 5.92 Å². The van der Waals surface area contributed by atoms with Crippen LogP contribution >= 0.6 is 0 Å². The van der Waals surface area contributed by atoms with Gasteiger partial charge < -0.3 is 10.2 Å². The standard InChI is InChI=1S/C14H17N3O/c1-11-6-8-17(9-7-11)14(18)16-13-5-3-2-4-12(13)10-15/h2-5,11H,6-9H2,1H3,(H,16,18). The maximum Gasteiger partial charge on any atom is 0.321 e. The third-order valence-electron chi connectivity index (χ3n) is 3.36. The van der Waals surface area contributed by atoms with Crippen LogP contribution in [-0.4, -0.2) is 24.0 Å². The topological polar surface area (TPSA) is 56.1 Å². The number of amides is 2. The highest BCUT2D eigenvalue weighted by molar-refractivity contribution is 5.90. The molecule has 1 saturated heterocycles. The molecule has 1 fully saturated rings. The number of likely N-dealkylation sites (tertiary alicyclic amines) is 1. The van der Waals surface area contributed by atoms with Gasteiger partial charge in [-0.15, -0.1) is 0 Å². The normalized spacial score (nSPS) is 16.1. The van der Waals surface area contributed by atoms with Gasteiger partial charge in [-0.05, 0) is 30.9 Å². The Morgan fingerprint density at radius 3 is 2.72 bits per heavy atom. The summed E-state index contributed by atoms with van der Waals surface area (Å²) in [7, 11) is 0. The number of benzene rings is 1. The number of hydrogen-bond acceptors (Lipinski definition) is 2.